The van der Waals surface area contributed by atoms with Gasteiger partial charge in [0.1, 0.15) is 11.1 Å². The van der Waals surface area contributed by atoms with Gasteiger partial charge in [0.15, 0.2) is 5.17 Å². The predicted molar refractivity (Wildman–Crippen MR) is 134 cm³/mol. The van der Waals surface area contributed by atoms with Crippen LogP contribution in [0.15, 0.2) is 83.9 Å². The van der Waals surface area contributed by atoms with Crippen molar-refractivity contribution in [1.29, 1.82) is 0 Å². The van der Waals surface area contributed by atoms with Gasteiger partial charge in [-0.25, -0.2) is 14.1 Å². The summed E-state index contributed by atoms with van der Waals surface area (Å²) < 4.78 is 13.3. The molecule has 1 saturated heterocycles. The van der Waals surface area contributed by atoms with Gasteiger partial charge in [-0.2, -0.15) is 0 Å². The molecule has 1 aliphatic heterocycles. The summed E-state index contributed by atoms with van der Waals surface area (Å²) in [5, 5.41) is 11.9. The fourth-order valence-corrected chi connectivity index (χ4v) is 4.59. The quantitative estimate of drug-likeness (QED) is 0.285. The molecule has 3 aromatic carbocycles. The summed E-state index contributed by atoms with van der Waals surface area (Å²) in [5.41, 5.74) is 2.11. The first-order chi connectivity index (χ1) is 16.9. The number of nitrogens with zero attached hydrogens (tertiary/aromatic N) is 2. The first-order valence-electron chi connectivity index (χ1n) is 10.9. The lowest BCUT2D eigenvalue weighted by Crippen LogP contribution is -2.31. The molecule has 1 unspecified atom stereocenters. The Balaban J connectivity index is 1.50. The fourth-order valence-electron chi connectivity index (χ4n) is 3.55. The fraction of sp³-hybridized carbons (Fsp3) is 0.154. The molecular formula is C26H22FN3O4S. The molecule has 4 rings (SSSR count). The third kappa shape index (κ3) is 6.13. The Morgan fingerprint density at radius 3 is 2.37 bits per heavy atom. The summed E-state index contributed by atoms with van der Waals surface area (Å²) in [7, 11) is 0. The number of hydrogen-bond acceptors (Lipinski definition) is 5. The van der Waals surface area contributed by atoms with Crippen LogP contribution in [0, 0.1) is 5.82 Å². The lowest BCUT2D eigenvalue weighted by molar-refractivity contribution is -0.121. The SMILES string of the molecule is O=C(O)c1ccc(N2C(=O)CC(SC(=NCCc3ccccc3)Nc3ccc(F)cc3)C2=O)cc1. The third-order valence-electron chi connectivity index (χ3n) is 5.33. The molecule has 2 N–H and O–H groups in total. The maximum atomic E-state index is 13.3. The number of benzene rings is 3. The van der Waals surface area contributed by atoms with Crippen LogP contribution in [0.25, 0.3) is 0 Å². The van der Waals surface area contributed by atoms with E-state index in [0.717, 1.165) is 22.2 Å². The van der Waals surface area contributed by atoms with Crippen molar-refractivity contribution in [2.75, 3.05) is 16.8 Å². The van der Waals surface area contributed by atoms with Crippen molar-refractivity contribution in [3.8, 4) is 0 Å². The smallest absolute Gasteiger partial charge is 0.335 e. The van der Waals surface area contributed by atoms with Crippen LogP contribution in [-0.4, -0.2) is 39.9 Å². The van der Waals surface area contributed by atoms with E-state index in [1.54, 1.807) is 12.1 Å². The highest BCUT2D eigenvalue weighted by Gasteiger charge is 2.40. The van der Waals surface area contributed by atoms with Gasteiger partial charge in [-0.05, 0) is 60.5 Å². The molecule has 0 aromatic heterocycles. The monoisotopic (exact) mass is 491 g/mol. The van der Waals surface area contributed by atoms with Gasteiger partial charge in [-0.1, -0.05) is 42.1 Å². The first-order valence-corrected chi connectivity index (χ1v) is 11.8. The van der Waals surface area contributed by atoms with E-state index in [2.05, 4.69) is 10.3 Å². The number of amidine groups is 1. The largest absolute Gasteiger partial charge is 0.478 e. The van der Waals surface area contributed by atoms with E-state index in [1.807, 2.05) is 30.3 Å². The minimum absolute atomic E-state index is 0.0208. The third-order valence-corrected chi connectivity index (χ3v) is 6.43. The summed E-state index contributed by atoms with van der Waals surface area (Å²) in [4.78, 5) is 42.5. The number of halogens is 1. The molecule has 9 heteroatoms. The van der Waals surface area contributed by atoms with E-state index < -0.39 is 17.1 Å². The molecule has 0 radical (unpaired) electrons. The second kappa shape index (κ2) is 11.0. The summed E-state index contributed by atoms with van der Waals surface area (Å²) in [6.07, 6.45) is 0.669. The minimum Gasteiger partial charge on any atom is -0.478 e. The Labute approximate surface area is 205 Å². The van der Waals surface area contributed by atoms with Crippen LogP contribution in [0.3, 0.4) is 0 Å². The van der Waals surface area contributed by atoms with E-state index in [0.29, 0.717) is 29.5 Å². The van der Waals surface area contributed by atoms with E-state index in [9.17, 15) is 18.8 Å². The van der Waals surface area contributed by atoms with Crippen molar-refractivity contribution in [2.24, 2.45) is 4.99 Å². The number of carboxylic acid groups (broad SMARTS) is 1. The summed E-state index contributed by atoms with van der Waals surface area (Å²) in [6.45, 7) is 0.454. The molecule has 1 atom stereocenters. The van der Waals surface area contributed by atoms with Gasteiger partial charge in [0, 0.05) is 18.7 Å². The first kappa shape index (κ1) is 24.2. The van der Waals surface area contributed by atoms with Gasteiger partial charge in [-0.15, -0.1) is 0 Å². The lowest BCUT2D eigenvalue weighted by Gasteiger charge is -2.16. The lowest BCUT2D eigenvalue weighted by atomic mass is 10.2. The van der Waals surface area contributed by atoms with Crippen molar-refractivity contribution in [2.45, 2.75) is 18.1 Å². The van der Waals surface area contributed by atoms with Gasteiger partial charge in [0.2, 0.25) is 11.8 Å². The Kier molecular flexibility index (Phi) is 7.57. The number of carbonyl (C=O) groups excluding carboxylic acids is 2. The number of nitrogens with one attached hydrogen (secondary N) is 1. The summed E-state index contributed by atoms with van der Waals surface area (Å²) >= 11 is 1.14. The molecule has 3 aromatic rings. The van der Waals surface area contributed by atoms with Crippen LogP contribution in [0.1, 0.15) is 22.3 Å². The number of aliphatic imine (C=N–C) groups is 1. The van der Waals surface area contributed by atoms with Crippen LogP contribution >= 0.6 is 11.8 Å². The predicted octanol–water partition coefficient (Wildman–Crippen LogP) is 4.60. The van der Waals surface area contributed by atoms with Crippen LogP contribution in [0.2, 0.25) is 0 Å². The molecule has 2 amide bonds. The average Bonchev–Trinajstić information content (AvgIpc) is 3.13. The second-order valence-corrected chi connectivity index (χ2v) is 8.98. The van der Waals surface area contributed by atoms with Gasteiger partial charge in [-0.3, -0.25) is 14.6 Å². The highest BCUT2D eigenvalue weighted by molar-refractivity contribution is 8.15. The standard InChI is InChI=1S/C26H22FN3O4S/c27-19-8-10-20(11-9-19)29-26(28-15-14-17-4-2-1-3-5-17)35-22-16-23(31)30(24(22)32)21-12-6-18(7-13-21)25(33)34/h1-13,22H,14-16H2,(H,28,29)(H,33,34). The zero-order valence-electron chi connectivity index (χ0n) is 18.6. The van der Waals surface area contributed by atoms with E-state index in [1.165, 1.54) is 36.4 Å². The number of carbonyl (C=O) groups is 3. The Bertz CT molecular complexity index is 1250. The topological polar surface area (TPSA) is 99.1 Å². The molecule has 35 heavy (non-hydrogen) atoms. The van der Waals surface area contributed by atoms with Crippen LogP contribution in [0.4, 0.5) is 15.8 Å². The number of carboxylic acids is 1. The number of aromatic carboxylic acids is 1. The normalized spacial score (nSPS) is 16.0. The molecule has 1 heterocycles. The summed E-state index contributed by atoms with van der Waals surface area (Å²) in [6, 6.07) is 21.2. The van der Waals surface area contributed by atoms with Gasteiger partial charge in [0.25, 0.3) is 0 Å². The Morgan fingerprint density at radius 1 is 1.03 bits per heavy atom. The second-order valence-electron chi connectivity index (χ2n) is 7.78. The molecular weight excluding hydrogens is 469 g/mol. The van der Waals surface area contributed by atoms with E-state index >= 15 is 0 Å². The highest BCUT2D eigenvalue weighted by atomic mass is 32.2. The van der Waals surface area contributed by atoms with Crippen molar-refractivity contribution in [1.82, 2.24) is 0 Å². The minimum atomic E-state index is -1.09. The number of anilines is 2. The number of imide groups is 1. The Morgan fingerprint density at radius 2 is 1.71 bits per heavy atom. The van der Waals surface area contributed by atoms with Crippen molar-refractivity contribution in [3.63, 3.8) is 0 Å². The molecule has 7 nitrogen and oxygen atoms in total. The zero-order valence-corrected chi connectivity index (χ0v) is 19.4. The number of thioether (sulfide) groups is 1. The van der Waals surface area contributed by atoms with Crippen molar-refractivity contribution < 1.29 is 23.9 Å². The van der Waals surface area contributed by atoms with E-state index in [4.69, 9.17) is 5.11 Å². The van der Waals surface area contributed by atoms with Crippen molar-refractivity contribution >= 4 is 46.1 Å². The molecule has 0 spiro atoms. The molecule has 0 aliphatic carbocycles. The van der Waals surface area contributed by atoms with Crippen LogP contribution < -0.4 is 10.2 Å². The maximum Gasteiger partial charge on any atom is 0.335 e. The van der Waals surface area contributed by atoms with Gasteiger partial charge >= 0.3 is 5.97 Å². The maximum absolute atomic E-state index is 13.3. The molecule has 1 aliphatic rings. The van der Waals surface area contributed by atoms with E-state index in [-0.39, 0.29) is 23.7 Å². The molecule has 0 bridgehead atoms. The summed E-state index contributed by atoms with van der Waals surface area (Å²) in [5.74, 6) is -2.24. The molecule has 1 fully saturated rings. The zero-order chi connectivity index (χ0) is 24.8. The number of amides is 2. The average molecular weight is 492 g/mol. The highest BCUT2D eigenvalue weighted by Crippen LogP contribution is 2.31. The van der Waals surface area contributed by atoms with Gasteiger partial charge < -0.3 is 10.4 Å². The number of rotatable bonds is 7. The van der Waals surface area contributed by atoms with Crippen LogP contribution in [-0.2, 0) is 16.0 Å². The van der Waals surface area contributed by atoms with Crippen LogP contribution in [0.5, 0.6) is 0 Å². The molecule has 178 valence electrons. The molecule has 0 saturated carbocycles. The Hall–Kier alpha value is -3.98. The van der Waals surface area contributed by atoms with Gasteiger partial charge in [0.05, 0.1) is 11.3 Å². The number of hydrogen-bond donors (Lipinski definition) is 2. The van der Waals surface area contributed by atoms with Crippen molar-refractivity contribution in [3.05, 3.63) is 95.8 Å².